The van der Waals surface area contributed by atoms with E-state index in [9.17, 15) is 4.79 Å². The first kappa shape index (κ1) is 15.7. The van der Waals surface area contributed by atoms with Crippen LogP contribution in [-0.4, -0.2) is 48.7 Å². The summed E-state index contributed by atoms with van der Waals surface area (Å²) in [6.07, 6.45) is 0.964. The fourth-order valence-corrected chi connectivity index (χ4v) is 2.14. The van der Waals surface area contributed by atoms with E-state index < -0.39 is 0 Å². The number of ether oxygens (including phenoxy) is 1. The molecule has 6 heteroatoms. The van der Waals surface area contributed by atoms with E-state index in [1.165, 1.54) is 0 Å². The van der Waals surface area contributed by atoms with Crippen molar-refractivity contribution in [2.75, 3.05) is 37.7 Å². The van der Waals surface area contributed by atoms with E-state index in [2.05, 4.69) is 34.0 Å². The molecule has 0 saturated carbocycles. The van der Waals surface area contributed by atoms with Gasteiger partial charge in [-0.05, 0) is 25.3 Å². The first-order chi connectivity index (χ1) is 10.1. The number of morpholine rings is 1. The summed E-state index contributed by atoms with van der Waals surface area (Å²) < 4.78 is 5.33. The number of nitrogens with one attached hydrogen (secondary N) is 1. The molecular formula is C15H24N4O2. The van der Waals surface area contributed by atoms with Gasteiger partial charge in [-0.2, -0.15) is 0 Å². The molecule has 0 atom stereocenters. The Hall–Kier alpha value is -1.69. The van der Waals surface area contributed by atoms with Gasteiger partial charge in [-0.3, -0.25) is 4.79 Å². The second-order valence-corrected chi connectivity index (χ2v) is 5.73. The van der Waals surface area contributed by atoms with Crippen molar-refractivity contribution in [3.05, 3.63) is 17.5 Å². The van der Waals surface area contributed by atoms with Crippen LogP contribution in [0.1, 0.15) is 36.5 Å². The van der Waals surface area contributed by atoms with Gasteiger partial charge in [0.15, 0.2) is 0 Å². The zero-order chi connectivity index (χ0) is 15.2. The first-order valence-corrected chi connectivity index (χ1v) is 7.53. The summed E-state index contributed by atoms with van der Waals surface area (Å²) in [5.74, 6) is 1.06. The second-order valence-electron chi connectivity index (χ2n) is 5.73. The minimum absolute atomic E-state index is 0.129. The monoisotopic (exact) mass is 292 g/mol. The standard InChI is InChI=1S/C15H24N4O2/c1-11(2)4-5-16-14(20)13-10-12(3)17-15(18-13)19-6-8-21-9-7-19/h10-11H,4-9H2,1-3H3,(H,16,20). The molecule has 2 heterocycles. The quantitative estimate of drug-likeness (QED) is 0.888. The molecule has 0 radical (unpaired) electrons. The minimum Gasteiger partial charge on any atom is -0.378 e. The molecule has 1 aliphatic rings. The normalized spacial score (nSPS) is 15.3. The van der Waals surface area contributed by atoms with Crippen LogP contribution in [0, 0.1) is 12.8 Å². The third kappa shape index (κ3) is 4.67. The lowest BCUT2D eigenvalue weighted by Gasteiger charge is -2.27. The SMILES string of the molecule is Cc1cc(C(=O)NCCC(C)C)nc(N2CCOCC2)n1. The Balaban J connectivity index is 2.05. The molecule has 0 aliphatic carbocycles. The molecule has 1 fully saturated rings. The number of anilines is 1. The van der Waals surface area contributed by atoms with E-state index in [0.29, 0.717) is 37.3 Å². The topological polar surface area (TPSA) is 67.4 Å². The van der Waals surface area contributed by atoms with Crippen LogP contribution in [0.2, 0.25) is 0 Å². The van der Waals surface area contributed by atoms with Gasteiger partial charge in [0.25, 0.3) is 5.91 Å². The minimum atomic E-state index is -0.129. The predicted octanol–water partition coefficient (Wildman–Crippen LogP) is 1.40. The van der Waals surface area contributed by atoms with Gasteiger partial charge in [-0.15, -0.1) is 0 Å². The maximum absolute atomic E-state index is 12.2. The van der Waals surface area contributed by atoms with Crippen LogP contribution in [0.15, 0.2) is 6.07 Å². The van der Waals surface area contributed by atoms with Crippen LogP contribution >= 0.6 is 0 Å². The summed E-state index contributed by atoms with van der Waals surface area (Å²) >= 11 is 0. The highest BCUT2D eigenvalue weighted by Crippen LogP contribution is 2.12. The molecule has 1 saturated heterocycles. The van der Waals surface area contributed by atoms with Crippen molar-refractivity contribution in [3.63, 3.8) is 0 Å². The Morgan fingerprint density at radius 2 is 2.10 bits per heavy atom. The van der Waals surface area contributed by atoms with Crippen molar-refractivity contribution in [2.24, 2.45) is 5.92 Å². The van der Waals surface area contributed by atoms with Crippen LogP contribution in [0.25, 0.3) is 0 Å². The van der Waals surface area contributed by atoms with Gasteiger partial charge in [-0.1, -0.05) is 13.8 Å². The van der Waals surface area contributed by atoms with Crippen LogP contribution < -0.4 is 10.2 Å². The average Bonchev–Trinajstić information content (AvgIpc) is 2.47. The lowest BCUT2D eigenvalue weighted by molar-refractivity contribution is 0.0946. The third-order valence-electron chi connectivity index (χ3n) is 3.38. The van der Waals surface area contributed by atoms with Crippen LogP contribution in [-0.2, 0) is 4.74 Å². The molecule has 1 aromatic heterocycles. The van der Waals surface area contributed by atoms with E-state index in [4.69, 9.17) is 4.74 Å². The zero-order valence-electron chi connectivity index (χ0n) is 13.1. The van der Waals surface area contributed by atoms with Gasteiger partial charge < -0.3 is 15.0 Å². The molecule has 2 rings (SSSR count). The molecular weight excluding hydrogens is 268 g/mol. The maximum Gasteiger partial charge on any atom is 0.270 e. The summed E-state index contributed by atoms with van der Waals surface area (Å²) in [5, 5.41) is 2.92. The van der Waals surface area contributed by atoms with E-state index in [0.717, 1.165) is 25.2 Å². The summed E-state index contributed by atoms with van der Waals surface area (Å²) in [7, 11) is 0. The Morgan fingerprint density at radius 3 is 2.76 bits per heavy atom. The van der Waals surface area contributed by atoms with E-state index >= 15 is 0 Å². The van der Waals surface area contributed by atoms with Crippen molar-refractivity contribution in [1.82, 2.24) is 15.3 Å². The third-order valence-corrected chi connectivity index (χ3v) is 3.38. The summed E-state index contributed by atoms with van der Waals surface area (Å²) in [4.78, 5) is 23.1. The molecule has 6 nitrogen and oxygen atoms in total. The van der Waals surface area contributed by atoms with Crippen molar-refractivity contribution in [1.29, 1.82) is 0 Å². The number of hydrogen-bond acceptors (Lipinski definition) is 5. The highest BCUT2D eigenvalue weighted by Gasteiger charge is 2.17. The number of amides is 1. The maximum atomic E-state index is 12.2. The number of nitrogens with zero attached hydrogens (tertiary/aromatic N) is 3. The van der Waals surface area contributed by atoms with Crippen molar-refractivity contribution >= 4 is 11.9 Å². The number of carbonyl (C=O) groups excluding carboxylic acids is 1. The van der Waals surface area contributed by atoms with Gasteiger partial charge >= 0.3 is 0 Å². The molecule has 0 aromatic carbocycles. The number of rotatable bonds is 5. The van der Waals surface area contributed by atoms with Crippen LogP contribution in [0.3, 0.4) is 0 Å². The average molecular weight is 292 g/mol. The van der Waals surface area contributed by atoms with Gasteiger partial charge in [0, 0.05) is 25.3 Å². The van der Waals surface area contributed by atoms with Gasteiger partial charge in [-0.25, -0.2) is 9.97 Å². The van der Waals surface area contributed by atoms with Crippen molar-refractivity contribution in [2.45, 2.75) is 27.2 Å². The molecule has 21 heavy (non-hydrogen) atoms. The van der Waals surface area contributed by atoms with Crippen molar-refractivity contribution < 1.29 is 9.53 Å². The highest BCUT2D eigenvalue weighted by atomic mass is 16.5. The fourth-order valence-electron chi connectivity index (χ4n) is 2.14. The lowest BCUT2D eigenvalue weighted by atomic mass is 10.1. The number of aromatic nitrogens is 2. The van der Waals surface area contributed by atoms with E-state index in [1.54, 1.807) is 6.07 Å². The summed E-state index contributed by atoms with van der Waals surface area (Å²) in [6, 6.07) is 1.73. The van der Waals surface area contributed by atoms with E-state index in [-0.39, 0.29) is 5.91 Å². The smallest absolute Gasteiger partial charge is 0.270 e. The molecule has 1 aliphatic heterocycles. The van der Waals surface area contributed by atoms with Crippen LogP contribution in [0.5, 0.6) is 0 Å². The largest absolute Gasteiger partial charge is 0.378 e. The number of aryl methyl sites for hydroxylation is 1. The molecule has 1 N–H and O–H groups in total. The zero-order valence-corrected chi connectivity index (χ0v) is 13.1. The molecule has 0 spiro atoms. The van der Waals surface area contributed by atoms with Gasteiger partial charge in [0.05, 0.1) is 13.2 Å². The van der Waals surface area contributed by atoms with Crippen LogP contribution in [0.4, 0.5) is 5.95 Å². The van der Waals surface area contributed by atoms with Gasteiger partial charge in [0.2, 0.25) is 5.95 Å². The lowest BCUT2D eigenvalue weighted by Crippen LogP contribution is -2.38. The highest BCUT2D eigenvalue weighted by molar-refractivity contribution is 5.92. The molecule has 116 valence electrons. The van der Waals surface area contributed by atoms with Crippen molar-refractivity contribution in [3.8, 4) is 0 Å². The second kappa shape index (κ2) is 7.36. The van der Waals surface area contributed by atoms with Gasteiger partial charge in [0.1, 0.15) is 5.69 Å². The Kier molecular flexibility index (Phi) is 5.50. The first-order valence-electron chi connectivity index (χ1n) is 7.53. The molecule has 1 aromatic rings. The van der Waals surface area contributed by atoms with E-state index in [1.807, 2.05) is 6.92 Å². The number of carbonyl (C=O) groups is 1. The Morgan fingerprint density at radius 1 is 1.38 bits per heavy atom. The fraction of sp³-hybridized carbons (Fsp3) is 0.667. The Bertz CT molecular complexity index is 485. The molecule has 1 amide bonds. The Labute approximate surface area is 125 Å². The summed E-state index contributed by atoms with van der Waals surface area (Å²) in [5.41, 5.74) is 1.24. The molecule has 0 unspecified atom stereocenters. The summed E-state index contributed by atoms with van der Waals surface area (Å²) in [6.45, 7) is 9.70. The number of hydrogen-bond donors (Lipinski definition) is 1. The molecule has 0 bridgehead atoms. The predicted molar refractivity (Wildman–Crippen MR) is 81.6 cm³/mol.